The highest BCUT2D eigenvalue weighted by molar-refractivity contribution is 5.23. The first-order chi connectivity index (χ1) is 10.3. The maximum Gasteiger partial charge on any atom is 0.0935 e. The molecule has 1 spiro atoms. The predicted molar refractivity (Wildman–Crippen MR) is 85.1 cm³/mol. The van der Waals surface area contributed by atoms with Crippen molar-refractivity contribution in [3.63, 3.8) is 0 Å². The van der Waals surface area contributed by atoms with E-state index in [0.717, 1.165) is 25.7 Å². The van der Waals surface area contributed by atoms with E-state index >= 15 is 0 Å². The van der Waals surface area contributed by atoms with E-state index in [1.54, 1.807) is 0 Å². The zero-order chi connectivity index (χ0) is 15.8. The molecule has 0 aliphatic heterocycles. The van der Waals surface area contributed by atoms with Gasteiger partial charge in [0, 0.05) is 6.42 Å². The Hall–Kier alpha value is -0.380. The van der Waals surface area contributed by atoms with Gasteiger partial charge in [-0.05, 0) is 73.5 Å². The lowest BCUT2D eigenvalue weighted by Gasteiger charge is -2.64. The summed E-state index contributed by atoms with van der Waals surface area (Å²) < 4.78 is 0. The molecule has 0 aromatic carbocycles. The zero-order valence-electron chi connectivity index (χ0n) is 13.7. The van der Waals surface area contributed by atoms with E-state index in [1.807, 2.05) is 0 Å². The van der Waals surface area contributed by atoms with Crippen LogP contribution in [0.25, 0.3) is 0 Å². The van der Waals surface area contributed by atoms with Crippen LogP contribution in [0.4, 0.5) is 0 Å². The van der Waals surface area contributed by atoms with Crippen LogP contribution in [0.5, 0.6) is 0 Å². The molecule has 4 unspecified atom stereocenters. The Bertz CT molecular complexity index is 503. The minimum Gasteiger partial charge on any atom is -0.393 e. The van der Waals surface area contributed by atoms with Crippen molar-refractivity contribution < 1.29 is 15.3 Å². The van der Waals surface area contributed by atoms with Gasteiger partial charge >= 0.3 is 0 Å². The van der Waals surface area contributed by atoms with Crippen LogP contribution < -0.4 is 0 Å². The molecule has 3 N–H and O–H groups in total. The van der Waals surface area contributed by atoms with Gasteiger partial charge in [0.1, 0.15) is 0 Å². The number of hydrogen-bond donors (Lipinski definition) is 3. The van der Waals surface area contributed by atoms with E-state index in [2.05, 4.69) is 13.5 Å². The van der Waals surface area contributed by atoms with Crippen LogP contribution >= 0.6 is 0 Å². The number of aliphatic hydroxyl groups excluding tert-OH is 2. The fourth-order valence-electron chi connectivity index (χ4n) is 7.42. The summed E-state index contributed by atoms with van der Waals surface area (Å²) in [6.45, 7) is 6.39. The van der Waals surface area contributed by atoms with Gasteiger partial charge in [0.15, 0.2) is 0 Å². The van der Waals surface area contributed by atoms with Crippen LogP contribution in [0.15, 0.2) is 12.2 Å². The Balaban J connectivity index is 1.75. The highest BCUT2D eigenvalue weighted by Crippen LogP contribution is 2.70. The third kappa shape index (κ3) is 1.79. The molecule has 0 aromatic heterocycles. The second kappa shape index (κ2) is 4.58. The van der Waals surface area contributed by atoms with E-state index in [-0.39, 0.29) is 17.9 Å². The fraction of sp³-hybridized carbons (Fsp3) is 0.895. The van der Waals surface area contributed by atoms with Crippen molar-refractivity contribution in [2.45, 2.75) is 70.0 Å². The third-order valence-electron chi connectivity index (χ3n) is 8.06. The molecular weight excluding hydrogens is 276 g/mol. The van der Waals surface area contributed by atoms with Gasteiger partial charge in [-0.3, -0.25) is 0 Å². The number of fused-ring (bicyclic) bond motifs is 3. The molecule has 4 rings (SSSR count). The summed E-state index contributed by atoms with van der Waals surface area (Å²) in [6.07, 6.45) is 7.61. The lowest BCUT2D eigenvalue weighted by molar-refractivity contribution is -0.221. The summed E-state index contributed by atoms with van der Waals surface area (Å²) in [6, 6.07) is 0. The van der Waals surface area contributed by atoms with Gasteiger partial charge in [-0.25, -0.2) is 0 Å². The molecule has 0 saturated heterocycles. The summed E-state index contributed by atoms with van der Waals surface area (Å²) in [5.74, 6) is 1.39. The molecule has 0 aromatic rings. The van der Waals surface area contributed by atoms with Gasteiger partial charge in [-0.2, -0.15) is 0 Å². The second-order valence-corrected chi connectivity index (χ2v) is 9.15. The van der Waals surface area contributed by atoms with Crippen LogP contribution in [-0.4, -0.2) is 33.6 Å². The Labute approximate surface area is 133 Å². The van der Waals surface area contributed by atoms with E-state index in [1.165, 1.54) is 24.8 Å². The van der Waals surface area contributed by atoms with Gasteiger partial charge < -0.3 is 15.3 Å². The van der Waals surface area contributed by atoms with Crippen molar-refractivity contribution in [3.05, 3.63) is 12.2 Å². The van der Waals surface area contributed by atoms with Crippen molar-refractivity contribution in [1.29, 1.82) is 0 Å². The summed E-state index contributed by atoms with van der Waals surface area (Å²) in [5.41, 5.74) is 0.653. The molecule has 3 nitrogen and oxygen atoms in total. The van der Waals surface area contributed by atoms with Crippen molar-refractivity contribution in [2.24, 2.45) is 28.6 Å². The Morgan fingerprint density at radius 1 is 1.14 bits per heavy atom. The average Bonchev–Trinajstić information content (AvgIpc) is 2.67. The van der Waals surface area contributed by atoms with Crippen molar-refractivity contribution in [2.75, 3.05) is 6.61 Å². The van der Waals surface area contributed by atoms with Crippen LogP contribution in [0.3, 0.4) is 0 Å². The van der Waals surface area contributed by atoms with Crippen molar-refractivity contribution >= 4 is 0 Å². The standard InChI is InChI=1S/C19H30O3/c1-12-7-18-6-5-16-17(2,15(18)4-3-13(12)8-18)9-14(21)10-19(16,22)11-20/h13-16,20-22H,1,3-11H2,2H3/t13?,14-,15?,16?,17+,18?,19+/m0/s1. The van der Waals surface area contributed by atoms with Gasteiger partial charge in [-0.15, -0.1) is 0 Å². The van der Waals surface area contributed by atoms with Crippen molar-refractivity contribution in [1.82, 2.24) is 0 Å². The smallest absolute Gasteiger partial charge is 0.0935 e. The number of hydrogen-bond acceptors (Lipinski definition) is 3. The summed E-state index contributed by atoms with van der Waals surface area (Å²) in [4.78, 5) is 0. The molecule has 0 radical (unpaired) electrons. The van der Waals surface area contributed by atoms with E-state index in [4.69, 9.17) is 0 Å². The monoisotopic (exact) mass is 306 g/mol. The molecule has 124 valence electrons. The van der Waals surface area contributed by atoms with Gasteiger partial charge in [-0.1, -0.05) is 19.1 Å². The predicted octanol–water partition coefficient (Wildman–Crippen LogP) is 2.64. The molecule has 0 heterocycles. The van der Waals surface area contributed by atoms with Gasteiger partial charge in [0.2, 0.25) is 0 Å². The average molecular weight is 306 g/mol. The number of aliphatic hydroxyl groups is 3. The first kappa shape index (κ1) is 15.2. The molecule has 22 heavy (non-hydrogen) atoms. The molecule has 7 atom stereocenters. The molecule has 0 amide bonds. The molecule has 4 fully saturated rings. The first-order valence-electron chi connectivity index (χ1n) is 9.02. The molecule has 4 aliphatic carbocycles. The molecular formula is C19H30O3. The van der Waals surface area contributed by atoms with E-state index in [9.17, 15) is 15.3 Å². The summed E-state index contributed by atoms with van der Waals surface area (Å²) in [7, 11) is 0. The Kier molecular flexibility index (Phi) is 3.16. The molecule has 3 heteroatoms. The van der Waals surface area contributed by atoms with Crippen molar-refractivity contribution in [3.8, 4) is 0 Å². The molecule has 2 bridgehead atoms. The van der Waals surface area contributed by atoms with Crippen LogP contribution in [-0.2, 0) is 0 Å². The highest BCUT2D eigenvalue weighted by atomic mass is 16.3. The maximum atomic E-state index is 11.0. The number of allylic oxidation sites excluding steroid dienone is 1. The topological polar surface area (TPSA) is 60.7 Å². The minimum atomic E-state index is -1.10. The summed E-state index contributed by atoms with van der Waals surface area (Å²) >= 11 is 0. The third-order valence-corrected chi connectivity index (χ3v) is 8.06. The minimum absolute atomic E-state index is 0.0526. The van der Waals surface area contributed by atoms with Crippen LogP contribution in [0, 0.1) is 28.6 Å². The normalized spacial score (nSPS) is 57.4. The lowest BCUT2D eigenvalue weighted by atomic mass is 9.42. The first-order valence-corrected chi connectivity index (χ1v) is 9.02. The molecule has 4 aliphatic rings. The SMILES string of the molecule is C=C1CC23CCC4[C@](O)(CO)C[C@@H](O)C[C@]4(C)C2CCC1C3. The highest BCUT2D eigenvalue weighted by Gasteiger charge is 2.65. The maximum absolute atomic E-state index is 11.0. The van der Waals surface area contributed by atoms with Gasteiger partial charge in [0.05, 0.1) is 18.3 Å². The Morgan fingerprint density at radius 3 is 2.64 bits per heavy atom. The fourth-order valence-corrected chi connectivity index (χ4v) is 7.42. The van der Waals surface area contributed by atoms with E-state index < -0.39 is 11.7 Å². The zero-order valence-corrected chi connectivity index (χ0v) is 13.7. The van der Waals surface area contributed by atoms with Crippen LogP contribution in [0.1, 0.15) is 58.3 Å². The number of rotatable bonds is 1. The van der Waals surface area contributed by atoms with Gasteiger partial charge in [0.25, 0.3) is 0 Å². The second-order valence-electron chi connectivity index (χ2n) is 9.15. The largest absolute Gasteiger partial charge is 0.393 e. The van der Waals surface area contributed by atoms with E-state index in [0.29, 0.717) is 23.7 Å². The summed E-state index contributed by atoms with van der Waals surface area (Å²) in [5, 5.41) is 31.2. The van der Waals surface area contributed by atoms with Crippen LogP contribution in [0.2, 0.25) is 0 Å². The quantitative estimate of drug-likeness (QED) is 0.653. The Morgan fingerprint density at radius 2 is 1.91 bits per heavy atom. The molecule has 4 saturated carbocycles. The lowest BCUT2D eigenvalue weighted by Crippen LogP contribution is -2.63.